The lowest BCUT2D eigenvalue weighted by atomic mass is 9.61. The first-order valence-electron chi connectivity index (χ1n) is 4.54. The summed E-state index contributed by atoms with van der Waals surface area (Å²) in [6, 6.07) is 0. The van der Waals surface area contributed by atoms with E-state index in [1.807, 2.05) is 26.0 Å². The molecule has 0 aromatic rings. The average Bonchev–Trinajstić information content (AvgIpc) is 2.31. The van der Waals surface area contributed by atoms with Gasteiger partial charge in [-0.2, -0.15) is 0 Å². The minimum absolute atomic E-state index is 0.218. The van der Waals surface area contributed by atoms with Crippen LogP contribution in [0.3, 0.4) is 0 Å². The van der Waals surface area contributed by atoms with Crippen molar-refractivity contribution >= 4 is 5.97 Å². The second kappa shape index (κ2) is 2.35. The van der Waals surface area contributed by atoms with Gasteiger partial charge in [-0.15, -0.1) is 0 Å². The van der Waals surface area contributed by atoms with E-state index in [4.69, 9.17) is 4.74 Å². The lowest BCUT2D eigenvalue weighted by Gasteiger charge is -2.40. The summed E-state index contributed by atoms with van der Waals surface area (Å²) < 4.78 is 5.03. The Morgan fingerprint density at radius 1 is 1.62 bits per heavy atom. The van der Waals surface area contributed by atoms with Gasteiger partial charge in [0.1, 0.15) is 6.61 Å². The van der Waals surface area contributed by atoms with Gasteiger partial charge in [-0.1, -0.05) is 19.1 Å². The molecule has 1 saturated heterocycles. The summed E-state index contributed by atoms with van der Waals surface area (Å²) in [5.41, 5.74) is -1.08. The van der Waals surface area contributed by atoms with Crippen LogP contribution < -0.4 is 0 Å². The predicted molar refractivity (Wildman–Crippen MR) is 46.9 cm³/mol. The summed E-state index contributed by atoms with van der Waals surface area (Å²) in [5.74, 6) is -0.218. The van der Waals surface area contributed by atoms with Crippen molar-refractivity contribution in [2.24, 2.45) is 10.8 Å². The highest BCUT2D eigenvalue weighted by molar-refractivity contribution is 5.82. The first-order chi connectivity index (χ1) is 6.01. The summed E-state index contributed by atoms with van der Waals surface area (Å²) in [6.07, 6.45) is 3.87. The Morgan fingerprint density at radius 2 is 2.31 bits per heavy atom. The molecule has 0 amide bonds. The number of esters is 1. The van der Waals surface area contributed by atoms with Gasteiger partial charge in [-0.3, -0.25) is 4.79 Å². The Kier molecular flexibility index (Phi) is 1.58. The number of aliphatic hydroxyl groups is 1. The zero-order valence-electron chi connectivity index (χ0n) is 7.91. The van der Waals surface area contributed by atoms with Crippen LogP contribution in [0, 0.1) is 10.8 Å². The van der Waals surface area contributed by atoms with Crippen LogP contribution in [-0.4, -0.2) is 23.8 Å². The quantitative estimate of drug-likeness (QED) is 0.447. The van der Waals surface area contributed by atoms with Gasteiger partial charge in [-0.05, 0) is 13.3 Å². The molecule has 72 valence electrons. The number of cyclic esters (lactones) is 1. The standard InChI is InChI=1S/C10H14O3/c1-9-5-3-4-7(11)10(9,2)6-13-8(9)12/h3,5,7,11H,4,6H2,1-2H3/t7-,9-,10-/m0/s1. The third kappa shape index (κ3) is 0.854. The molecule has 1 fully saturated rings. The van der Waals surface area contributed by atoms with Crippen LogP contribution in [0.5, 0.6) is 0 Å². The molecule has 0 radical (unpaired) electrons. The molecule has 3 heteroatoms. The third-order valence-electron chi connectivity index (χ3n) is 3.66. The number of hydrogen-bond acceptors (Lipinski definition) is 3. The number of ether oxygens (including phenoxy) is 1. The molecule has 3 nitrogen and oxygen atoms in total. The number of fused-ring (bicyclic) bond motifs is 1. The highest BCUT2D eigenvalue weighted by atomic mass is 16.5. The molecule has 2 rings (SSSR count). The minimum atomic E-state index is -0.634. The largest absolute Gasteiger partial charge is 0.464 e. The molecular formula is C10H14O3. The van der Waals surface area contributed by atoms with Crippen LogP contribution in [0.4, 0.5) is 0 Å². The Balaban J connectivity index is 2.50. The first-order valence-corrected chi connectivity index (χ1v) is 4.54. The Morgan fingerprint density at radius 3 is 2.92 bits per heavy atom. The predicted octanol–water partition coefficient (Wildman–Crippen LogP) is 0.877. The molecule has 0 bridgehead atoms. The van der Waals surface area contributed by atoms with E-state index in [9.17, 15) is 9.90 Å². The molecule has 0 spiro atoms. The molecule has 1 aliphatic heterocycles. The Labute approximate surface area is 77.4 Å². The van der Waals surface area contributed by atoms with Crippen LogP contribution in [0.15, 0.2) is 12.2 Å². The van der Waals surface area contributed by atoms with Crippen LogP contribution >= 0.6 is 0 Å². The second-order valence-electron chi connectivity index (χ2n) is 4.35. The maximum Gasteiger partial charge on any atom is 0.316 e. The van der Waals surface area contributed by atoms with E-state index >= 15 is 0 Å². The molecule has 3 atom stereocenters. The smallest absolute Gasteiger partial charge is 0.316 e. The summed E-state index contributed by atoms with van der Waals surface area (Å²) in [6.45, 7) is 4.07. The fourth-order valence-electron chi connectivity index (χ4n) is 2.14. The summed E-state index contributed by atoms with van der Waals surface area (Å²) in [4.78, 5) is 11.5. The fraction of sp³-hybridized carbons (Fsp3) is 0.700. The SMILES string of the molecule is C[C@@]12C=CC[C@H](O)[C@]1(C)COC2=O. The highest BCUT2D eigenvalue weighted by Gasteiger charge is 2.60. The van der Waals surface area contributed by atoms with Gasteiger partial charge in [-0.25, -0.2) is 0 Å². The highest BCUT2D eigenvalue weighted by Crippen LogP contribution is 2.52. The van der Waals surface area contributed by atoms with Gasteiger partial charge in [0, 0.05) is 5.41 Å². The van der Waals surface area contributed by atoms with Crippen molar-refractivity contribution in [3.63, 3.8) is 0 Å². The maximum atomic E-state index is 11.5. The van der Waals surface area contributed by atoms with Crippen LogP contribution in [-0.2, 0) is 9.53 Å². The van der Waals surface area contributed by atoms with Crippen molar-refractivity contribution in [1.82, 2.24) is 0 Å². The number of rotatable bonds is 0. The lowest BCUT2D eigenvalue weighted by molar-refractivity contribution is -0.144. The third-order valence-corrected chi connectivity index (χ3v) is 3.66. The molecule has 1 heterocycles. The van der Waals surface area contributed by atoms with Crippen molar-refractivity contribution in [3.8, 4) is 0 Å². The maximum absolute atomic E-state index is 11.5. The van der Waals surface area contributed by atoms with E-state index in [2.05, 4.69) is 0 Å². The summed E-state index contributed by atoms with van der Waals surface area (Å²) in [5, 5.41) is 9.84. The molecule has 0 aromatic heterocycles. The molecule has 13 heavy (non-hydrogen) atoms. The van der Waals surface area contributed by atoms with Gasteiger partial charge in [0.2, 0.25) is 0 Å². The fourth-order valence-corrected chi connectivity index (χ4v) is 2.14. The molecule has 1 N–H and O–H groups in total. The van der Waals surface area contributed by atoms with Crippen LogP contribution in [0.25, 0.3) is 0 Å². The number of carbonyl (C=O) groups excluding carboxylic acids is 1. The van der Waals surface area contributed by atoms with Gasteiger partial charge in [0.15, 0.2) is 0 Å². The van der Waals surface area contributed by atoms with E-state index in [1.54, 1.807) is 0 Å². The monoisotopic (exact) mass is 182 g/mol. The van der Waals surface area contributed by atoms with E-state index in [0.29, 0.717) is 13.0 Å². The van der Waals surface area contributed by atoms with E-state index in [1.165, 1.54) is 0 Å². The van der Waals surface area contributed by atoms with E-state index in [0.717, 1.165) is 0 Å². The van der Waals surface area contributed by atoms with E-state index < -0.39 is 16.9 Å². The zero-order valence-corrected chi connectivity index (χ0v) is 7.91. The summed E-state index contributed by atoms with van der Waals surface area (Å²) in [7, 11) is 0. The van der Waals surface area contributed by atoms with Crippen molar-refractivity contribution in [2.45, 2.75) is 26.4 Å². The normalized spacial score (nSPS) is 48.8. The van der Waals surface area contributed by atoms with Crippen LogP contribution in [0.2, 0.25) is 0 Å². The molecule has 0 unspecified atom stereocenters. The van der Waals surface area contributed by atoms with Gasteiger partial charge in [0.05, 0.1) is 11.5 Å². The van der Waals surface area contributed by atoms with Crippen molar-refractivity contribution in [2.75, 3.05) is 6.61 Å². The van der Waals surface area contributed by atoms with Gasteiger partial charge < -0.3 is 9.84 Å². The molecule has 0 aromatic carbocycles. The molecule has 1 aliphatic carbocycles. The van der Waals surface area contributed by atoms with Crippen molar-refractivity contribution in [3.05, 3.63) is 12.2 Å². The minimum Gasteiger partial charge on any atom is -0.464 e. The first kappa shape index (κ1) is 8.75. The topological polar surface area (TPSA) is 46.5 Å². The van der Waals surface area contributed by atoms with Crippen molar-refractivity contribution < 1.29 is 14.6 Å². The second-order valence-corrected chi connectivity index (χ2v) is 4.35. The van der Waals surface area contributed by atoms with Gasteiger partial charge in [0.25, 0.3) is 0 Å². The van der Waals surface area contributed by atoms with E-state index in [-0.39, 0.29) is 5.97 Å². The number of carbonyl (C=O) groups is 1. The van der Waals surface area contributed by atoms with Crippen molar-refractivity contribution in [1.29, 1.82) is 0 Å². The molecular weight excluding hydrogens is 168 g/mol. The molecule has 0 saturated carbocycles. The Bertz CT molecular complexity index is 284. The van der Waals surface area contributed by atoms with Gasteiger partial charge >= 0.3 is 5.97 Å². The number of aliphatic hydroxyl groups excluding tert-OH is 1. The average molecular weight is 182 g/mol. The number of hydrogen-bond donors (Lipinski definition) is 1. The zero-order chi connectivity index (χ0) is 9.69. The Hall–Kier alpha value is -0.830. The summed E-state index contributed by atoms with van der Waals surface area (Å²) >= 11 is 0. The van der Waals surface area contributed by atoms with Crippen LogP contribution in [0.1, 0.15) is 20.3 Å². The lowest BCUT2D eigenvalue weighted by Crippen LogP contribution is -2.47. The molecule has 2 aliphatic rings.